The Labute approximate surface area is 182 Å². The largest absolute Gasteiger partial charge is 0.321 e. The minimum Gasteiger partial charge on any atom is -0.321 e. The molecule has 31 heavy (non-hydrogen) atoms. The Balaban J connectivity index is 1.56. The van der Waals surface area contributed by atoms with Crippen molar-refractivity contribution >= 4 is 32.8 Å². The standard InChI is InChI=1S/C24H23N3O3S/c1-2-31(29,30)21-15-13-19(14-16-21)25-24(28)22-17-23(18-9-5-3-6-10-18)27(26-22)20-11-7-4-8-12-20/h3-16,23H,2,17H2,1H3,(H,25,28). The van der Waals surface area contributed by atoms with Gasteiger partial charge in [-0.3, -0.25) is 9.80 Å². The molecular formula is C24H23N3O3S. The van der Waals surface area contributed by atoms with E-state index in [-0.39, 0.29) is 22.6 Å². The molecule has 0 fully saturated rings. The van der Waals surface area contributed by atoms with Crippen LogP contribution in [0.4, 0.5) is 11.4 Å². The smallest absolute Gasteiger partial charge is 0.271 e. The molecule has 1 unspecified atom stereocenters. The molecule has 1 aliphatic rings. The SMILES string of the molecule is CCS(=O)(=O)c1ccc(NC(=O)C2=NN(c3ccccc3)C(c3ccccc3)C2)cc1. The summed E-state index contributed by atoms with van der Waals surface area (Å²) in [5.74, 6) is -0.267. The van der Waals surface area contributed by atoms with Gasteiger partial charge in [0.1, 0.15) is 5.71 Å². The van der Waals surface area contributed by atoms with Crippen LogP contribution in [-0.4, -0.2) is 25.8 Å². The average Bonchev–Trinajstić information content (AvgIpc) is 3.26. The lowest BCUT2D eigenvalue weighted by Crippen LogP contribution is -2.22. The van der Waals surface area contributed by atoms with Crippen LogP contribution in [0.25, 0.3) is 0 Å². The van der Waals surface area contributed by atoms with E-state index in [1.807, 2.05) is 65.7 Å². The Kier molecular flexibility index (Phi) is 5.86. The van der Waals surface area contributed by atoms with Crippen molar-refractivity contribution < 1.29 is 13.2 Å². The number of amides is 1. The number of rotatable bonds is 6. The summed E-state index contributed by atoms with van der Waals surface area (Å²) in [5, 5.41) is 9.33. The first-order valence-corrected chi connectivity index (χ1v) is 11.7. The normalized spacial score (nSPS) is 16.1. The molecule has 1 heterocycles. The zero-order valence-electron chi connectivity index (χ0n) is 17.1. The van der Waals surface area contributed by atoms with Gasteiger partial charge in [-0.1, -0.05) is 55.5 Å². The lowest BCUT2D eigenvalue weighted by molar-refractivity contribution is -0.110. The zero-order valence-corrected chi connectivity index (χ0v) is 17.9. The van der Waals surface area contributed by atoms with Gasteiger partial charge >= 0.3 is 0 Å². The summed E-state index contributed by atoms with van der Waals surface area (Å²) in [6.07, 6.45) is 0.465. The minimum absolute atomic E-state index is 0.0334. The molecule has 7 heteroatoms. The second-order valence-corrected chi connectivity index (χ2v) is 9.52. The molecular weight excluding hydrogens is 410 g/mol. The van der Waals surface area contributed by atoms with E-state index < -0.39 is 9.84 Å². The van der Waals surface area contributed by atoms with Gasteiger partial charge in [0.15, 0.2) is 9.84 Å². The van der Waals surface area contributed by atoms with Gasteiger partial charge in [-0.05, 0) is 42.0 Å². The highest BCUT2D eigenvalue weighted by Gasteiger charge is 2.32. The van der Waals surface area contributed by atoms with Crippen molar-refractivity contribution in [1.29, 1.82) is 0 Å². The molecule has 0 radical (unpaired) electrons. The van der Waals surface area contributed by atoms with Gasteiger partial charge in [-0.2, -0.15) is 5.10 Å². The first-order chi connectivity index (χ1) is 15.0. The van der Waals surface area contributed by atoms with E-state index in [1.54, 1.807) is 19.1 Å². The molecule has 0 saturated carbocycles. The van der Waals surface area contributed by atoms with Gasteiger partial charge in [-0.15, -0.1) is 0 Å². The van der Waals surface area contributed by atoms with Crippen molar-refractivity contribution in [2.24, 2.45) is 5.10 Å². The number of nitrogens with one attached hydrogen (secondary N) is 1. The predicted molar refractivity (Wildman–Crippen MR) is 123 cm³/mol. The molecule has 0 bridgehead atoms. The van der Waals surface area contributed by atoms with Gasteiger partial charge in [0.05, 0.1) is 22.4 Å². The number of anilines is 2. The van der Waals surface area contributed by atoms with Crippen LogP contribution >= 0.6 is 0 Å². The Morgan fingerprint density at radius 3 is 2.19 bits per heavy atom. The molecule has 1 aliphatic heterocycles. The third kappa shape index (κ3) is 4.51. The molecule has 1 N–H and O–H groups in total. The van der Waals surface area contributed by atoms with Gasteiger partial charge < -0.3 is 5.32 Å². The van der Waals surface area contributed by atoms with E-state index in [1.165, 1.54) is 12.1 Å². The fourth-order valence-corrected chi connectivity index (χ4v) is 4.40. The first-order valence-electron chi connectivity index (χ1n) is 10.1. The van der Waals surface area contributed by atoms with Gasteiger partial charge in [-0.25, -0.2) is 8.42 Å². The Bertz CT molecular complexity index is 1190. The number of hydrogen-bond acceptors (Lipinski definition) is 5. The molecule has 0 aliphatic carbocycles. The number of carbonyl (C=O) groups excluding carboxylic acids is 1. The van der Waals surface area contributed by atoms with Crippen molar-refractivity contribution in [1.82, 2.24) is 0 Å². The van der Waals surface area contributed by atoms with Crippen LogP contribution in [0.3, 0.4) is 0 Å². The van der Waals surface area contributed by atoms with Crippen molar-refractivity contribution in [2.75, 3.05) is 16.1 Å². The van der Waals surface area contributed by atoms with E-state index in [0.717, 1.165) is 11.3 Å². The maximum Gasteiger partial charge on any atom is 0.271 e. The summed E-state index contributed by atoms with van der Waals surface area (Å²) in [6.45, 7) is 1.60. The quantitative estimate of drug-likeness (QED) is 0.624. The van der Waals surface area contributed by atoms with Crippen LogP contribution in [-0.2, 0) is 14.6 Å². The second-order valence-electron chi connectivity index (χ2n) is 7.24. The Morgan fingerprint density at radius 2 is 1.58 bits per heavy atom. The second kappa shape index (κ2) is 8.73. The highest BCUT2D eigenvalue weighted by atomic mass is 32.2. The van der Waals surface area contributed by atoms with Crippen molar-refractivity contribution in [3.8, 4) is 0 Å². The molecule has 0 saturated heterocycles. The predicted octanol–water partition coefficient (Wildman–Crippen LogP) is 4.43. The molecule has 3 aromatic rings. The number of sulfone groups is 1. The van der Waals surface area contributed by atoms with Crippen molar-refractivity contribution in [3.05, 3.63) is 90.5 Å². The molecule has 4 rings (SSSR count). The van der Waals surface area contributed by atoms with E-state index in [4.69, 9.17) is 0 Å². The average molecular weight is 434 g/mol. The summed E-state index contributed by atoms with van der Waals surface area (Å²) in [7, 11) is -3.28. The Morgan fingerprint density at radius 1 is 0.968 bits per heavy atom. The summed E-state index contributed by atoms with van der Waals surface area (Å²) < 4.78 is 23.9. The number of benzene rings is 3. The number of nitrogens with zero attached hydrogens (tertiary/aromatic N) is 2. The molecule has 1 atom stereocenters. The fraction of sp³-hybridized carbons (Fsp3) is 0.167. The van der Waals surface area contributed by atoms with Crippen molar-refractivity contribution in [2.45, 2.75) is 24.3 Å². The summed E-state index contributed by atoms with van der Waals surface area (Å²) in [5.41, 5.74) is 2.93. The molecule has 3 aromatic carbocycles. The van der Waals surface area contributed by atoms with Crippen LogP contribution in [0.15, 0.2) is 94.9 Å². The van der Waals surface area contributed by atoms with Crippen LogP contribution in [0.2, 0.25) is 0 Å². The molecule has 0 aromatic heterocycles. The maximum atomic E-state index is 12.9. The van der Waals surface area contributed by atoms with Crippen LogP contribution in [0.5, 0.6) is 0 Å². The highest BCUT2D eigenvalue weighted by molar-refractivity contribution is 7.91. The van der Waals surface area contributed by atoms with Crippen LogP contribution < -0.4 is 10.3 Å². The van der Waals surface area contributed by atoms with Crippen LogP contribution in [0, 0.1) is 0 Å². The van der Waals surface area contributed by atoms with E-state index in [2.05, 4.69) is 10.4 Å². The van der Waals surface area contributed by atoms with Gasteiger partial charge in [0.25, 0.3) is 5.91 Å². The van der Waals surface area contributed by atoms with E-state index >= 15 is 0 Å². The van der Waals surface area contributed by atoms with E-state index in [9.17, 15) is 13.2 Å². The monoisotopic (exact) mass is 433 g/mol. The van der Waals surface area contributed by atoms with Gasteiger partial charge in [0, 0.05) is 12.1 Å². The van der Waals surface area contributed by atoms with Crippen LogP contribution in [0.1, 0.15) is 24.9 Å². The first kappa shape index (κ1) is 20.8. The topological polar surface area (TPSA) is 78.8 Å². The summed E-state index contributed by atoms with van der Waals surface area (Å²) in [4.78, 5) is 13.2. The molecule has 0 spiro atoms. The fourth-order valence-electron chi connectivity index (χ4n) is 3.52. The molecule has 1 amide bonds. The number of para-hydroxylation sites is 1. The maximum absolute atomic E-state index is 12.9. The summed E-state index contributed by atoms with van der Waals surface area (Å²) >= 11 is 0. The lowest BCUT2D eigenvalue weighted by Gasteiger charge is -2.23. The van der Waals surface area contributed by atoms with Gasteiger partial charge in [0.2, 0.25) is 0 Å². The minimum atomic E-state index is -3.28. The molecule has 6 nitrogen and oxygen atoms in total. The third-order valence-corrected chi connectivity index (χ3v) is 6.98. The number of hydrogen-bond donors (Lipinski definition) is 1. The zero-order chi connectivity index (χ0) is 21.8. The summed E-state index contributed by atoms with van der Waals surface area (Å²) in [6, 6.07) is 25.9. The van der Waals surface area contributed by atoms with Crippen molar-refractivity contribution in [3.63, 3.8) is 0 Å². The molecule has 158 valence electrons. The third-order valence-electron chi connectivity index (χ3n) is 5.23. The lowest BCUT2D eigenvalue weighted by atomic mass is 10.0. The number of hydrazone groups is 1. The number of carbonyl (C=O) groups is 1. The highest BCUT2D eigenvalue weighted by Crippen LogP contribution is 2.35. The van der Waals surface area contributed by atoms with E-state index in [0.29, 0.717) is 17.8 Å². The Hall–Kier alpha value is -3.45.